The first-order valence-corrected chi connectivity index (χ1v) is 6.42. The van der Waals surface area contributed by atoms with Crippen molar-refractivity contribution in [2.45, 2.75) is 26.7 Å². The minimum Gasteiger partial charge on any atom is -0.262 e. The smallest absolute Gasteiger partial charge is 0.0300 e. The van der Waals surface area contributed by atoms with Gasteiger partial charge >= 0.3 is 0 Å². The summed E-state index contributed by atoms with van der Waals surface area (Å²) in [5, 5.41) is 1.55. The van der Waals surface area contributed by atoms with Crippen LogP contribution in [0, 0.1) is 0 Å². The number of nitrogens with zero attached hydrogens (tertiary/aromatic N) is 1. The SMILES string of the molecule is C=C(C)N=CC=CC/C=C(\CC)PC. The van der Waals surface area contributed by atoms with Gasteiger partial charge in [-0.15, -0.1) is 0 Å². The molecule has 0 N–H and O–H groups in total. The van der Waals surface area contributed by atoms with E-state index in [1.165, 1.54) is 6.42 Å². The molecule has 0 radical (unpaired) electrons. The zero-order valence-electron chi connectivity index (χ0n) is 9.38. The van der Waals surface area contributed by atoms with Crippen molar-refractivity contribution in [2.75, 3.05) is 6.66 Å². The summed E-state index contributed by atoms with van der Waals surface area (Å²) in [5.74, 6) is 0. The molecular formula is C12H20NP. The highest BCUT2D eigenvalue weighted by Crippen LogP contribution is 2.22. The van der Waals surface area contributed by atoms with Gasteiger partial charge in [0.15, 0.2) is 0 Å². The lowest BCUT2D eigenvalue weighted by atomic mass is 10.3. The first-order valence-electron chi connectivity index (χ1n) is 4.92. The van der Waals surface area contributed by atoms with Crippen molar-refractivity contribution in [1.82, 2.24) is 0 Å². The van der Waals surface area contributed by atoms with Gasteiger partial charge in [0.25, 0.3) is 0 Å². The summed E-state index contributed by atoms with van der Waals surface area (Å²) in [6, 6.07) is 0. The second kappa shape index (κ2) is 8.90. The molecule has 0 aromatic carbocycles. The second-order valence-electron chi connectivity index (χ2n) is 3.01. The fraction of sp³-hybridized carbons (Fsp3) is 0.417. The van der Waals surface area contributed by atoms with Gasteiger partial charge in [-0.05, 0) is 32.5 Å². The average Bonchev–Trinajstić information content (AvgIpc) is 2.16. The number of rotatable bonds is 6. The first-order chi connectivity index (χ1) is 6.70. The van der Waals surface area contributed by atoms with Gasteiger partial charge in [-0.1, -0.05) is 39.5 Å². The van der Waals surface area contributed by atoms with E-state index in [0.717, 1.165) is 20.7 Å². The molecule has 0 saturated carbocycles. The van der Waals surface area contributed by atoms with Gasteiger partial charge in [0.2, 0.25) is 0 Å². The molecule has 0 bridgehead atoms. The lowest BCUT2D eigenvalue weighted by Gasteiger charge is -1.96. The van der Waals surface area contributed by atoms with Crippen LogP contribution in [-0.2, 0) is 0 Å². The van der Waals surface area contributed by atoms with E-state index in [-0.39, 0.29) is 0 Å². The lowest BCUT2D eigenvalue weighted by molar-refractivity contribution is 1.17. The highest BCUT2D eigenvalue weighted by Gasteiger charge is 1.85. The Morgan fingerprint density at radius 2 is 2.21 bits per heavy atom. The molecule has 0 aliphatic heterocycles. The van der Waals surface area contributed by atoms with Gasteiger partial charge in [-0.2, -0.15) is 0 Å². The highest BCUT2D eigenvalue weighted by molar-refractivity contribution is 7.42. The monoisotopic (exact) mass is 209 g/mol. The summed E-state index contributed by atoms with van der Waals surface area (Å²) in [7, 11) is 0.937. The molecule has 0 aromatic heterocycles. The van der Waals surface area contributed by atoms with Crippen molar-refractivity contribution in [3.05, 3.63) is 35.8 Å². The molecule has 0 aliphatic rings. The highest BCUT2D eigenvalue weighted by atomic mass is 31.1. The van der Waals surface area contributed by atoms with Gasteiger partial charge in [0.1, 0.15) is 0 Å². The van der Waals surface area contributed by atoms with Gasteiger partial charge in [0, 0.05) is 11.9 Å². The maximum absolute atomic E-state index is 4.06. The summed E-state index contributed by atoms with van der Waals surface area (Å²) in [6.07, 6.45) is 10.3. The Hall–Kier alpha value is -0.680. The fourth-order valence-electron chi connectivity index (χ4n) is 0.943. The molecule has 78 valence electrons. The van der Waals surface area contributed by atoms with Crippen molar-refractivity contribution >= 4 is 14.8 Å². The van der Waals surface area contributed by atoms with Gasteiger partial charge in [-0.3, -0.25) is 4.99 Å². The van der Waals surface area contributed by atoms with Gasteiger partial charge in [0.05, 0.1) is 0 Å². The van der Waals surface area contributed by atoms with Crippen LogP contribution in [0.25, 0.3) is 0 Å². The molecule has 0 rings (SSSR count). The van der Waals surface area contributed by atoms with Crippen molar-refractivity contribution in [3.8, 4) is 0 Å². The quantitative estimate of drug-likeness (QED) is 0.460. The van der Waals surface area contributed by atoms with Crippen LogP contribution in [0.1, 0.15) is 26.7 Å². The normalized spacial score (nSPS) is 13.8. The summed E-state index contributed by atoms with van der Waals surface area (Å²) >= 11 is 0. The van der Waals surface area contributed by atoms with Gasteiger partial charge in [-0.25, -0.2) is 0 Å². The molecule has 0 heterocycles. The van der Waals surface area contributed by atoms with E-state index >= 15 is 0 Å². The van der Waals surface area contributed by atoms with E-state index in [0.29, 0.717) is 0 Å². The van der Waals surface area contributed by atoms with Crippen LogP contribution >= 0.6 is 8.58 Å². The predicted molar refractivity (Wildman–Crippen MR) is 69.7 cm³/mol. The number of hydrogen-bond acceptors (Lipinski definition) is 1. The van der Waals surface area contributed by atoms with E-state index in [9.17, 15) is 0 Å². The van der Waals surface area contributed by atoms with Crippen LogP contribution < -0.4 is 0 Å². The van der Waals surface area contributed by atoms with Crippen LogP contribution in [0.2, 0.25) is 0 Å². The van der Waals surface area contributed by atoms with E-state index in [1.807, 2.05) is 13.0 Å². The Bertz CT molecular complexity index is 243. The Kier molecular flexibility index (Phi) is 8.47. The van der Waals surface area contributed by atoms with E-state index < -0.39 is 0 Å². The molecule has 1 atom stereocenters. The van der Waals surface area contributed by atoms with Crippen molar-refractivity contribution < 1.29 is 0 Å². The number of hydrogen-bond donors (Lipinski definition) is 0. The van der Waals surface area contributed by atoms with Crippen LogP contribution in [0.5, 0.6) is 0 Å². The Morgan fingerprint density at radius 3 is 2.71 bits per heavy atom. The Morgan fingerprint density at radius 1 is 1.50 bits per heavy atom. The molecule has 2 heteroatoms. The largest absolute Gasteiger partial charge is 0.262 e. The van der Waals surface area contributed by atoms with Crippen molar-refractivity contribution in [1.29, 1.82) is 0 Å². The molecule has 0 amide bonds. The standard InChI is InChI=1S/C12H20NP/c1-5-12(14-4)9-7-6-8-10-13-11(2)3/h6,8-10,14H,2,5,7H2,1,3-4H3/b8-6?,12-9+,13-10?. The van der Waals surface area contributed by atoms with Crippen LogP contribution in [-0.4, -0.2) is 12.9 Å². The molecule has 0 aromatic rings. The maximum atomic E-state index is 4.06. The molecule has 1 nitrogen and oxygen atoms in total. The summed E-state index contributed by atoms with van der Waals surface area (Å²) in [5.41, 5.74) is 0.842. The van der Waals surface area contributed by atoms with Crippen LogP contribution in [0.4, 0.5) is 0 Å². The van der Waals surface area contributed by atoms with Crippen LogP contribution in [0.15, 0.2) is 40.8 Å². The predicted octanol–water partition coefficient (Wildman–Crippen LogP) is 4.14. The summed E-state index contributed by atoms with van der Waals surface area (Å²) in [6.45, 7) is 10.00. The Balaban J connectivity index is 3.82. The Labute approximate surface area is 89.5 Å². The van der Waals surface area contributed by atoms with E-state index in [1.54, 1.807) is 11.5 Å². The molecule has 0 spiro atoms. The summed E-state index contributed by atoms with van der Waals surface area (Å²) < 4.78 is 0. The average molecular weight is 209 g/mol. The number of aliphatic imine (C=N–C) groups is 1. The zero-order chi connectivity index (χ0) is 10.8. The number of allylic oxidation sites excluding steroid dienone is 5. The van der Waals surface area contributed by atoms with Gasteiger partial charge < -0.3 is 0 Å². The molecule has 0 fully saturated rings. The first kappa shape index (κ1) is 13.3. The van der Waals surface area contributed by atoms with Crippen LogP contribution in [0.3, 0.4) is 0 Å². The third-order valence-electron chi connectivity index (χ3n) is 1.72. The van der Waals surface area contributed by atoms with Crippen molar-refractivity contribution in [3.63, 3.8) is 0 Å². The fourth-order valence-corrected chi connectivity index (χ4v) is 1.62. The lowest BCUT2D eigenvalue weighted by Crippen LogP contribution is -1.71. The molecule has 14 heavy (non-hydrogen) atoms. The van der Waals surface area contributed by atoms with E-state index in [2.05, 4.69) is 37.3 Å². The third-order valence-corrected chi connectivity index (χ3v) is 2.92. The topological polar surface area (TPSA) is 12.4 Å². The minimum absolute atomic E-state index is 0.842. The molecule has 0 saturated heterocycles. The molecule has 0 aliphatic carbocycles. The third kappa shape index (κ3) is 7.94. The zero-order valence-corrected chi connectivity index (χ0v) is 10.4. The second-order valence-corrected chi connectivity index (χ2v) is 4.15. The van der Waals surface area contributed by atoms with Crippen molar-refractivity contribution in [2.24, 2.45) is 4.99 Å². The minimum atomic E-state index is 0.842. The van der Waals surface area contributed by atoms with E-state index in [4.69, 9.17) is 0 Å². The molecular weight excluding hydrogens is 189 g/mol. The molecule has 1 unspecified atom stereocenters. The summed E-state index contributed by atoms with van der Waals surface area (Å²) in [4.78, 5) is 4.06. The maximum Gasteiger partial charge on any atom is 0.0300 e.